The fourth-order valence-electron chi connectivity index (χ4n) is 3.05. The Bertz CT molecular complexity index is 1100. The molecule has 1 N–H and O–H groups in total. The van der Waals surface area contributed by atoms with E-state index in [2.05, 4.69) is 27.5 Å². The van der Waals surface area contributed by atoms with Crippen LogP contribution in [-0.4, -0.2) is 34.4 Å². The monoisotopic (exact) mass is 418 g/mol. The molecule has 0 radical (unpaired) electrons. The van der Waals surface area contributed by atoms with Crippen molar-refractivity contribution >= 4 is 22.4 Å². The van der Waals surface area contributed by atoms with Crippen LogP contribution in [0.2, 0.25) is 0 Å². The number of amides is 1. The van der Waals surface area contributed by atoms with E-state index in [1.807, 2.05) is 54.0 Å². The lowest BCUT2D eigenvalue weighted by Gasteiger charge is -2.02. The molecule has 0 unspecified atom stereocenters. The molecule has 4 aromatic rings. The van der Waals surface area contributed by atoms with Crippen molar-refractivity contribution in [1.29, 1.82) is 0 Å². The minimum Gasteiger partial charge on any atom is -0.384 e. The molecule has 0 saturated carbocycles. The minimum absolute atomic E-state index is 0.113. The van der Waals surface area contributed by atoms with Gasteiger partial charge in [-0.05, 0) is 29.7 Å². The maximum absolute atomic E-state index is 12.4. The van der Waals surface area contributed by atoms with Crippen molar-refractivity contribution in [2.75, 3.05) is 19.0 Å². The molecule has 0 aliphatic carbocycles. The molecule has 152 valence electrons. The molecule has 2 heterocycles. The number of methoxy groups -OCH3 is 1. The number of nitrogens with one attached hydrogen (secondary N) is 1. The van der Waals surface area contributed by atoms with E-state index in [9.17, 15) is 4.79 Å². The molecule has 1 amide bonds. The van der Waals surface area contributed by atoms with E-state index in [0.29, 0.717) is 11.7 Å². The molecule has 0 saturated heterocycles. The summed E-state index contributed by atoms with van der Waals surface area (Å²) in [4.78, 5) is 17.0. The fourth-order valence-corrected chi connectivity index (χ4v) is 3.78. The number of carbonyl (C=O) groups excluding carboxylic acids is 1. The number of thiazole rings is 1. The van der Waals surface area contributed by atoms with Crippen LogP contribution < -0.4 is 5.32 Å². The van der Waals surface area contributed by atoms with E-state index in [1.54, 1.807) is 18.0 Å². The number of hydrogen-bond donors (Lipinski definition) is 1. The van der Waals surface area contributed by atoms with Crippen LogP contribution in [0.4, 0.5) is 5.13 Å². The standard InChI is InChI=1S/C23H22N4O2S/c1-29-12-11-17-7-9-19(10-8-17)21-16-30-23(25-21)26-22(28)13-18-14-24-27(15-18)20-5-3-2-4-6-20/h2-10,14-16H,11-13H2,1H3,(H,25,26,28). The van der Waals surface area contributed by atoms with Gasteiger partial charge in [0, 0.05) is 24.3 Å². The van der Waals surface area contributed by atoms with Gasteiger partial charge in [-0.25, -0.2) is 9.67 Å². The van der Waals surface area contributed by atoms with Crippen molar-refractivity contribution in [3.05, 3.63) is 83.5 Å². The number of rotatable bonds is 8. The van der Waals surface area contributed by atoms with Crippen molar-refractivity contribution in [3.8, 4) is 16.9 Å². The van der Waals surface area contributed by atoms with Crippen LogP contribution in [-0.2, 0) is 22.4 Å². The predicted octanol–water partition coefficient (Wildman–Crippen LogP) is 4.37. The highest BCUT2D eigenvalue weighted by molar-refractivity contribution is 7.14. The Morgan fingerprint density at radius 1 is 1.10 bits per heavy atom. The van der Waals surface area contributed by atoms with Crippen molar-refractivity contribution in [2.45, 2.75) is 12.8 Å². The van der Waals surface area contributed by atoms with Gasteiger partial charge in [0.2, 0.25) is 5.91 Å². The number of benzene rings is 2. The highest BCUT2D eigenvalue weighted by Gasteiger charge is 2.11. The number of nitrogens with zero attached hydrogens (tertiary/aromatic N) is 3. The van der Waals surface area contributed by atoms with Crippen molar-refractivity contribution in [2.24, 2.45) is 0 Å². The SMILES string of the molecule is COCCc1ccc(-c2csc(NC(=O)Cc3cnn(-c4ccccc4)c3)n2)cc1. The molecule has 0 spiro atoms. The molecule has 0 aliphatic heterocycles. The van der Waals surface area contributed by atoms with Gasteiger partial charge in [0.25, 0.3) is 0 Å². The zero-order valence-electron chi connectivity index (χ0n) is 16.6. The molecule has 0 aliphatic rings. The lowest BCUT2D eigenvalue weighted by Crippen LogP contribution is -2.13. The highest BCUT2D eigenvalue weighted by Crippen LogP contribution is 2.25. The van der Waals surface area contributed by atoms with E-state index in [0.717, 1.165) is 28.9 Å². The molecule has 2 aromatic heterocycles. The van der Waals surface area contributed by atoms with E-state index in [-0.39, 0.29) is 12.3 Å². The van der Waals surface area contributed by atoms with Gasteiger partial charge in [-0.3, -0.25) is 4.79 Å². The van der Waals surface area contributed by atoms with Crippen LogP contribution in [0.1, 0.15) is 11.1 Å². The summed E-state index contributed by atoms with van der Waals surface area (Å²) < 4.78 is 6.88. The molecule has 30 heavy (non-hydrogen) atoms. The van der Waals surface area contributed by atoms with Crippen molar-refractivity contribution < 1.29 is 9.53 Å². The molecule has 0 bridgehead atoms. The normalized spacial score (nSPS) is 10.8. The zero-order chi connectivity index (χ0) is 20.8. The summed E-state index contributed by atoms with van der Waals surface area (Å²) in [6.45, 7) is 0.705. The molecular formula is C23H22N4O2S. The summed E-state index contributed by atoms with van der Waals surface area (Å²) in [6, 6.07) is 18.1. The lowest BCUT2D eigenvalue weighted by molar-refractivity contribution is -0.115. The number of aromatic nitrogens is 3. The van der Waals surface area contributed by atoms with Crippen LogP contribution >= 0.6 is 11.3 Å². The first-order chi connectivity index (χ1) is 14.7. The third-order valence-corrected chi connectivity index (χ3v) is 5.37. The molecule has 2 aromatic carbocycles. The quantitative estimate of drug-likeness (QED) is 0.461. The van der Waals surface area contributed by atoms with Gasteiger partial charge in [0.15, 0.2) is 5.13 Å². The van der Waals surface area contributed by atoms with Crippen LogP contribution in [0, 0.1) is 0 Å². The van der Waals surface area contributed by atoms with E-state index >= 15 is 0 Å². The summed E-state index contributed by atoms with van der Waals surface area (Å²) in [6.07, 6.45) is 4.71. The first-order valence-corrected chi connectivity index (χ1v) is 10.5. The Morgan fingerprint density at radius 2 is 1.90 bits per heavy atom. The van der Waals surface area contributed by atoms with Gasteiger partial charge in [0.1, 0.15) is 0 Å². The van der Waals surface area contributed by atoms with Gasteiger partial charge in [-0.15, -0.1) is 11.3 Å². The van der Waals surface area contributed by atoms with Crippen LogP contribution in [0.15, 0.2) is 72.4 Å². The Morgan fingerprint density at radius 3 is 2.67 bits per heavy atom. The summed E-state index contributed by atoms with van der Waals surface area (Å²) in [5.74, 6) is -0.113. The number of para-hydroxylation sites is 1. The minimum atomic E-state index is -0.113. The number of carbonyl (C=O) groups is 1. The highest BCUT2D eigenvalue weighted by atomic mass is 32.1. The smallest absolute Gasteiger partial charge is 0.230 e. The van der Waals surface area contributed by atoms with E-state index < -0.39 is 0 Å². The first kappa shape index (κ1) is 20.0. The Balaban J connectivity index is 1.36. The predicted molar refractivity (Wildman–Crippen MR) is 119 cm³/mol. The fraction of sp³-hybridized carbons (Fsp3) is 0.174. The molecule has 0 fully saturated rings. The lowest BCUT2D eigenvalue weighted by atomic mass is 10.1. The summed E-state index contributed by atoms with van der Waals surface area (Å²) in [5.41, 5.74) is 4.91. The topological polar surface area (TPSA) is 69.0 Å². The Labute approximate surface area is 179 Å². The molecular weight excluding hydrogens is 396 g/mol. The molecule has 4 rings (SSSR count). The maximum Gasteiger partial charge on any atom is 0.230 e. The molecule has 0 atom stereocenters. The van der Waals surface area contributed by atoms with Gasteiger partial charge >= 0.3 is 0 Å². The largest absolute Gasteiger partial charge is 0.384 e. The maximum atomic E-state index is 12.4. The zero-order valence-corrected chi connectivity index (χ0v) is 17.4. The number of ether oxygens (including phenoxy) is 1. The van der Waals surface area contributed by atoms with Gasteiger partial charge in [0.05, 0.1) is 30.6 Å². The second-order valence-electron chi connectivity index (χ2n) is 6.83. The van der Waals surface area contributed by atoms with Crippen LogP contribution in [0.3, 0.4) is 0 Å². The molecule has 7 heteroatoms. The second-order valence-corrected chi connectivity index (χ2v) is 7.69. The van der Waals surface area contributed by atoms with Crippen LogP contribution in [0.5, 0.6) is 0 Å². The summed E-state index contributed by atoms with van der Waals surface area (Å²) in [5, 5.41) is 9.76. The van der Waals surface area contributed by atoms with Gasteiger partial charge in [-0.2, -0.15) is 5.10 Å². The second kappa shape index (κ2) is 9.47. The Kier molecular flexibility index (Phi) is 6.32. The summed E-state index contributed by atoms with van der Waals surface area (Å²) in [7, 11) is 1.70. The van der Waals surface area contributed by atoms with E-state index in [1.165, 1.54) is 16.9 Å². The third-order valence-electron chi connectivity index (χ3n) is 4.62. The van der Waals surface area contributed by atoms with Gasteiger partial charge < -0.3 is 10.1 Å². The number of hydrogen-bond acceptors (Lipinski definition) is 5. The average molecular weight is 419 g/mol. The average Bonchev–Trinajstić information content (AvgIpc) is 3.43. The van der Waals surface area contributed by atoms with Crippen molar-refractivity contribution in [3.63, 3.8) is 0 Å². The first-order valence-electron chi connectivity index (χ1n) is 9.64. The third kappa shape index (κ3) is 5.00. The van der Waals surface area contributed by atoms with Gasteiger partial charge in [-0.1, -0.05) is 42.5 Å². The van der Waals surface area contributed by atoms with Crippen LogP contribution in [0.25, 0.3) is 16.9 Å². The molecule has 6 nitrogen and oxygen atoms in total. The summed E-state index contributed by atoms with van der Waals surface area (Å²) >= 11 is 1.42. The van der Waals surface area contributed by atoms with E-state index in [4.69, 9.17) is 4.74 Å². The van der Waals surface area contributed by atoms with Crippen molar-refractivity contribution in [1.82, 2.24) is 14.8 Å². The number of anilines is 1. The Hall–Kier alpha value is -3.29.